The summed E-state index contributed by atoms with van der Waals surface area (Å²) >= 11 is 0. The lowest BCUT2D eigenvalue weighted by Gasteiger charge is -2.13. The molecule has 1 fully saturated rings. The molecule has 0 aromatic carbocycles. The molecule has 0 spiro atoms. The largest absolute Gasteiger partial charge is 0.324 e. The highest BCUT2D eigenvalue weighted by atomic mass is 32.2. The van der Waals surface area contributed by atoms with Crippen molar-refractivity contribution in [2.45, 2.75) is 26.3 Å². The molecule has 0 bridgehead atoms. The molecule has 1 rings (SSSR count). The molecule has 0 saturated carbocycles. The Morgan fingerprint density at radius 2 is 2.15 bits per heavy atom. The van der Waals surface area contributed by atoms with Gasteiger partial charge in [0.25, 0.3) is 0 Å². The van der Waals surface area contributed by atoms with Crippen LogP contribution in [0.15, 0.2) is 11.6 Å². The molecule has 1 aliphatic rings. The van der Waals surface area contributed by atoms with E-state index in [1.54, 1.807) is 0 Å². The average Bonchev–Trinajstić information content (AvgIpc) is 2.28. The van der Waals surface area contributed by atoms with Crippen LogP contribution in [0.4, 0.5) is 0 Å². The SMILES string of the molecule is CC(C)=CC(N)C1CCS(=O)(=O)C1. The average molecular weight is 203 g/mol. The summed E-state index contributed by atoms with van der Waals surface area (Å²) in [7, 11) is -2.79. The lowest BCUT2D eigenvalue weighted by atomic mass is 9.98. The molecular formula is C9H17NO2S. The highest BCUT2D eigenvalue weighted by molar-refractivity contribution is 7.91. The van der Waals surface area contributed by atoms with Crippen LogP contribution in [0, 0.1) is 5.92 Å². The molecule has 0 aromatic rings. The molecule has 2 atom stereocenters. The first-order valence-electron chi connectivity index (χ1n) is 4.52. The van der Waals surface area contributed by atoms with Gasteiger partial charge < -0.3 is 5.73 Å². The standard InChI is InChI=1S/C9H17NO2S/c1-7(2)5-9(10)8-3-4-13(11,12)6-8/h5,8-9H,3-4,6,10H2,1-2H3. The van der Waals surface area contributed by atoms with Gasteiger partial charge in [-0.05, 0) is 26.2 Å². The monoisotopic (exact) mass is 203 g/mol. The van der Waals surface area contributed by atoms with Crippen molar-refractivity contribution in [2.75, 3.05) is 11.5 Å². The predicted molar refractivity (Wildman–Crippen MR) is 54.2 cm³/mol. The summed E-state index contributed by atoms with van der Waals surface area (Å²) in [4.78, 5) is 0. The van der Waals surface area contributed by atoms with Crippen molar-refractivity contribution in [3.05, 3.63) is 11.6 Å². The third kappa shape index (κ3) is 3.12. The van der Waals surface area contributed by atoms with Gasteiger partial charge in [0.05, 0.1) is 11.5 Å². The fourth-order valence-electron chi connectivity index (χ4n) is 1.65. The van der Waals surface area contributed by atoms with Gasteiger partial charge in [0.2, 0.25) is 0 Å². The van der Waals surface area contributed by atoms with Gasteiger partial charge in [-0.15, -0.1) is 0 Å². The highest BCUT2D eigenvalue weighted by Gasteiger charge is 2.30. The van der Waals surface area contributed by atoms with Gasteiger partial charge in [-0.25, -0.2) is 8.42 Å². The second-order valence-electron chi connectivity index (χ2n) is 3.98. The fourth-order valence-corrected chi connectivity index (χ4v) is 3.52. The van der Waals surface area contributed by atoms with E-state index in [0.717, 1.165) is 5.57 Å². The van der Waals surface area contributed by atoms with Crippen molar-refractivity contribution >= 4 is 9.84 Å². The van der Waals surface area contributed by atoms with Crippen LogP contribution in [0.2, 0.25) is 0 Å². The summed E-state index contributed by atoms with van der Waals surface area (Å²) in [5, 5.41) is 0. The van der Waals surface area contributed by atoms with Gasteiger partial charge >= 0.3 is 0 Å². The Morgan fingerprint density at radius 1 is 1.54 bits per heavy atom. The lowest BCUT2D eigenvalue weighted by molar-refractivity contribution is 0.527. The van der Waals surface area contributed by atoms with E-state index in [1.165, 1.54) is 0 Å². The first-order valence-corrected chi connectivity index (χ1v) is 6.34. The van der Waals surface area contributed by atoms with Crippen molar-refractivity contribution in [3.63, 3.8) is 0 Å². The molecule has 1 heterocycles. The van der Waals surface area contributed by atoms with E-state index in [1.807, 2.05) is 19.9 Å². The van der Waals surface area contributed by atoms with Gasteiger partial charge in [0.1, 0.15) is 0 Å². The molecule has 0 radical (unpaired) electrons. The molecule has 2 unspecified atom stereocenters. The van der Waals surface area contributed by atoms with Gasteiger partial charge in [0, 0.05) is 6.04 Å². The Balaban J connectivity index is 2.62. The van der Waals surface area contributed by atoms with Crippen molar-refractivity contribution in [2.24, 2.45) is 11.7 Å². The van der Waals surface area contributed by atoms with E-state index in [9.17, 15) is 8.42 Å². The van der Waals surface area contributed by atoms with Gasteiger partial charge in [-0.2, -0.15) is 0 Å². The van der Waals surface area contributed by atoms with E-state index < -0.39 is 9.84 Å². The number of allylic oxidation sites excluding steroid dienone is 1. The molecule has 0 amide bonds. The summed E-state index contributed by atoms with van der Waals surface area (Å²) in [6, 6.07) is -0.0951. The molecule has 1 aliphatic heterocycles. The fraction of sp³-hybridized carbons (Fsp3) is 0.778. The zero-order valence-corrected chi connectivity index (χ0v) is 8.97. The molecule has 2 N–H and O–H groups in total. The second kappa shape index (κ2) is 3.80. The Bertz CT molecular complexity index is 302. The Hall–Kier alpha value is -0.350. The Kier molecular flexibility index (Phi) is 3.14. The van der Waals surface area contributed by atoms with E-state index in [-0.39, 0.29) is 17.7 Å². The summed E-state index contributed by atoms with van der Waals surface area (Å²) in [5.74, 6) is 0.694. The van der Waals surface area contributed by atoms with E-state index in [2.05, 4.69) is 0 Å². The smallest absolute Gasteiger partial charge is 0.150 e. The normalized spacial score (nSPS) is 28.4. The van der Waals surface area contributed by atoms with Crippen LogP contribution >= 0.6 is 0 Å². The third-order valence-electron chi connectivity index (χ3n) is 2.34. The van der Waals surface area contributed by atoms with Crippen LogP contribution in [-0.2, 0) is 9.84 Å². The maximum absolute atomic E-state index is 11.2. The molecule has 4 heteroatoms. The Morgan fingerprint density at radius 3 is 2.54 bits per heavy atom. The van der Waals surface area contributed by atoms with E-state index in [4.69, 9.17) is 5.73 Å². The molecule has 0 aromatic heterocycles. The van der Waals surface area contributed by atoms with Gasteiger partial charge in [-0.3, -0.25) is 0 Å². The first kappa shape index (κ1) is 10.7. The van der Waals surface area contributed by atoms with Crippen LogP contribution in [-0.4, -0.2) is 26.0 Å². The molecule has 13 heavy (non-hydrogen) atoms. The zero-order valence-electron chi connectivity index (χ0n) is 8.16. The van der Waals surface area contributed by atoms with Crippen LogP contribution in [0.5, 0.6) is 0 Å². The van der Waals surface area contributed by atoms with Crippen molar-refractivity contribution < 1.29 is 8.42 Å². The maximum Gasteiger partial charge on any atom is 0.150 e. The molecule has 76 valence electrons. The second-order valence-corrected chi connectivity index (χ2v) is 6.21. The quantitative estimate of drug-likeness (QED) is 0.673. The molecule has 1 saturated heterocycles. The van der Waals surface area contributed by atoms with Crippen LogP contribution in [0.25, 0.3) is 0 Å². The molecule has 0 aliphatic carbocycles. The number of nitrogens with two attached hydrogens (primary N) is 1. The number of sulfone groups is 1. The van der Waals surface area contributed by atoms with Crippen molar-refractivity contribution in [1.29, 1.82) is 0 Å². The van der Waals surface area contributed by atoms with Gasteiger partial charge in [-0.1, -0.05) is 11.6 Å². The molecule has 3 nitrogen and oxygen atoms in total. The van der Waals surface area contributed by atoms with Crippen molar-refractivity contribution in [3.8, 4) is 0 Å². The highest BCUT2D eigenvalue weighted by Crippen LogP contribution is 2.21. The minimum Gasteiger partial charge on any atom is -0.324 e. The third-order valence-corrected chi connectivity index (χ3v) is 4.13. The number of hydrogen-bond donors (Lipinski definition) is 1. The van der Waals surface area contributed by atoms with Crippen LogP contribution in [0.3, 0.4) is 0 Å². The molecular weight excluding hydrogens is 186 g/mol. The zero-order chi connectivity index (χ0) is 10.1. The number of hydrogen-bond acceptors (Lipinski definition) is 3. The minimum absolute atomic E-state index is 0.0951. The van der Waals surface area contributed by atoms with Crippen molar-refractivity contribution in [1.82, 2.24) is 0 Å². The topological polar surface area (TPSA) is 60.2 Å². The minimum atomic E-state index is -2.79. The summed E-state index contributed by atoms with van der Waals surface area (Å²) in [6.07, 6.45) is 2.67. The number of rotatable bonds is 2. The van der Waals surface area contributed by atoms with Crippen LogP contribution < -0.4 is 5.73 Å². The summed E-state index contributed by atoms with van der Waals surface area (Å²) in [5.41, 5.74) is 7.01. The van der Waals surface area contributed by atoms with Crippen LogP contribution in [0.1, 0.15) is 20.3 Å². The predicted octanol–water partition coefficient (Wildman–Crippen LogP) is 0.715. The van der Waals surface area contributed by atoms with E-state index >= 15 is 0 Å². The van der Waals surface area contributed by atoms with E-state index in [0.29, 0.717) is 12.2 Å². The first-order chi connectivity index (χ1) is 5.91. The maximum atomic E-state index is 11.2. The van der Waals surface area contributed by atoms with Gasteiger partial charge in [0.15, 0.2) is 9.84 Å². The summed E-state index contributed by atoms with van der Waals surface area (Å²) in [6.45, 7) is 3.95. The Labute approximate surface area is 79.9 Å². The lowest BCUT2D eigenvalue weighted by Crippen LogP contribution is -2.29. The summed E-state index contributed by atoms with van der Waals surface area (Å²) < 4.78 is 22.3.